The molecular weight excluding hydrogens is 356 g/mol. The van der Waals surface area contributed by atoms with Crippen molar-refractivity contribution >= 4 is 32.0 Å². The standard InChI is InChI=1S/C13H21BrN4O2S/c1-10-12(14)3-4-13(16-10)17-21(19,20)18-7-5-11(6-8-18)9-15-2/h3-4,11,15H,5-9H2,1-2H3,(H,16,17). The lowest BCUT2D eigenvalue weighted by Gasteiger charge is -2.31. The van der Waals surface area contributed by atoms with E-state index in [2.05, 4.69) is 31.0 Å². The average molecular weight is 377 g/mol. The van der Waals surface area contributed by atoms with Gasteiger partial charge in [0.05, 0.1) is 5.69 Å². The van der Waals surface area contributed by atoms with Crippen LogP contribution in [-0.4, -0.2) is 44.4 Å². The van der Waals surface area contributed by atoms with E-state index in [9.17, 15) is 8.42 Å². The molecule has 0 spiro atoms. The van der Waals surface area contributed by atoms with Crippen molar-refractivity contribution in [3.8, 4) is 0 Å². The molecule has 2 rings (SSSR count). The summed E-state index contributed by atoms with van der Waals surface area (Å²) >= 11 is 3.35. The van der Waals surface area contributed by atoms with Crippen molar-refractivity contribution in [1.29, 1.82) is 0 Å². The Balaban J connectivity index is 2.00. The first-order valence-electron chi connectivity index (χ1n) is 6.98. The number of aryl methyl sites for hydroxylation is 1. The molecule has 0 unspecified atom stereocenters. The minimum atomic E-state index is -3.52. The molecular formula is C13H21BrN4O2S. The molecule has 6 nitrogen and oxygen atoms in total. The lowest BCUT2D eigenvalue weighted by molar-refractivity contribution is 0.272. The predicted octanol–water partition coefficient (Wildman–Crippen LogP) is 1.74. The SMILES string of the molecule is CNCC1CCN(S(=O)(=O)Nc2ccc(Br)c(C)n2)CC1. The number of pyridine rings is 1. The number of hydrogen-bond donors (Lipinski definition) is 2. The Hall–Kier alpha value is -0.700. The number of nitrogens with zero attached hydrogens (tertiary/aromatic N) is 2. The minimum absolute atomic E-state index is 0.355. The van der Waals surface area contributed by atoms with Crippen LogP contribution in [0, 0.1) is 12.8 Å². The second-order valence-corrected chi connectivity index (χ2v) is 7.80. The minimum Gasteiger partial charge on any atom is -0.319 e. The Morgan fingerprint density at radius 1 is 1.38 bits per heavy atom. The first kappa shape index (κ1) is 16.7. The normalized spacial score (nSPS) is 17.9. The maximum atomic E-state index is 12.4. The molecule has 0 radical (unpaired) electrons. The summed E-state index contributed by atoms with van der Waals surface area (Å²) in [5, 5.41) is 3.14. The third kappa shape index (κ3) is 4.38. The fourth-order valence-corrected chi connectivity index (χ4v) is 3.86. The second kappa shape index (κ2) is 7.04. The van der Waals surface area contributed by atoms with Crippen LogP contribution in [0.25, 0.3) is 0 Å². The Morgan fingerprint density at radius 2 is 2.05 bits per heavy atom. The van der Waals surface area contributed by atoms with Crippen LogP contribution in [0.1, 0.15) is 18.5 Å². The fourth-order valence-electron chi connectivity index (χ4n) is 2.44. The molecule has 0 aliphatic carbocycles. The molecule has 2 heterocycles. The van der Waals surface area contributed by atoms with Gasteiger partial charge in [-0.2, -0.15) is 12.7 Å². The quantitative estimate of drug-likeness (QED) is 0.820. The van der Waals surface area contributed by atoms with Gasteiger partial charge < -0.3 is 5.32 Å². The number of anilines is 1. The van der Waals surface area contributed by atoms with E-state index < -0.39 is 10.2 Å². The zero-order valence-electron chi connectivity index (χ0n) is 12.3. The van der Waals surface area contributed by atoms with Gasteiger partial charge >= 0.3 is 10.2 Å². The highest BCUT2D eigenvalue weighted by atomic mass is 79.9. The first-order valence-corrected chi connectivity index (χ1v) is 9.21. The topological polar surface area (TPSA) is 74.3 Å². The largest absolute Gasteiger partial charge is 0.319 e. The van der Waals surface area contributed by atoms with E-state index in [4.69, 9.17) is 0 Å². The molecule has 1 aliphatic heterocycles. The van der Waals surface area contributed by atoms with E-state index in [1.165, 1.54) is 4.31 Å². The number of hydrogen-bond acceptors (Lipinski definition) is 4. The third-order valence-electron chi connectivity index (χ3n) is 3.66. The Morgan fingerprint density at radius 3 is 2.62 bits per heavy atom. The molecule has 0 aromatic carbocycles. The van der Waals surface area contributed by atoms with Crippen molar-refractivity contribution in [3.63, 3.8) is 0 Å². The van der Waals surface area contributed by atoms with Crippen LogP contribution in [0.15, 0.2) is 16.6 Å². The zero-order chi connectivity index (χ0) is 15.5. The van der Waals surface area contributed by atoms with E-state index in [1.807, 2.05) is 14.0 Å². The Kier molecular flexibility index (Phi) is 5.59. The van der Waals surface area contributed by atoms with Gasteiger partial charge in [-0.3, -0.25) is 4.72 Å². The maximum Gasteiger partial charge on any atom is 0.302 e. The van der Waals surface area contributed by atoms with Crippen molar-refractivity contribution in [2.45, 2.75) is 19.8 Å². The van der Waals surface area contributed by atoms with E-state index in [1.54, 1.807) is 12.1 Å². The lowest BCUT2D eigenvalue weighted by Crippen LogP contribution is -2.43. The molecule has 1 aromatic heterocycles. The molecule has 1 fully saturated rings. The van der Waals surface area contributed by atoms with Gasteiger partial charge in [-0.25, -0.2) is 4.98 Å². The molecule has 1 saturated heterocycles. The van der Waals surface area contributed by atoms with Gasteiger partial charge in [0, 0.05) is 17.6 Å². The van der Waals surface area contributed by atoms with Crippen molar-refractivity contribution in [3.05, 3.63) is 22.3 Å². The Bertz CT molecular complexity index is 586. The van der Waals surface area contributed by atoms with Gasteiger partial charge in [0.15, 0.2) is 0 Å². The number of piperidine rings is 1. The summed E-state index contributed by atoms with van der Waals surface area (Å²) in [6.07, 6.45) is 1.77. The van der Waals surface area contributed by atoms with Crippen LogP contribution in [0.2, 0.25) is 0 Å². The highest BCUT2D eigenvalue weighted by molar-refractivity contribution is 9.10. The van der Waals surface area contributed by atoms with E-state index in [0.29, 0.717) is 24.8 Å². The van der Waals surface area contributed by atoms with Crippen molar-refractivity contribution < 1.29 is 8.42 Å². The molecule has 0 bridgehead atoms. The number of halogens is 1. The molecule has 21 heavy (non-hydrogen) atoms. The maximum absolute atomic E-state index is 12.4. The summed E-state index contributed by atoms with van der Waals surface area (Å²) in [5.74, 6) is 0.905. The number of nitrogens with one attached hydrogen (secondary N) is 2. The fraction of sp³-hybridized carbons (Fsp3) is 0.615. The lowest BCUT2D eigenvalue weighted by atomic mass is 9.98. The predicted molar refractivity (Wildman–Crippen MR) is 87.4 cm³/mol. The summed E-state index contributed by atoms with van der Waals surface area (Å²) < 4.78 is 29.6. The van der Waals surface area contributed by atoms with Crippen molar-refractivity contribution in [2.24, 2.45) is 5.92 Å². The highest BCUT2D eigenvalue weighted by Gasteiger charge is 2.27. The summed E-state index contributed by atoms with van der Waals surface area (Å²) in [4.78, 5) is 4.22. The van der Waals surface area contributed by atoms with Crippen LogP contribution in [0.4, 0.5) is 5.82 Å². The van der Waals surface area contributed by atoms with Crippen LogP contribution in [-0.2, 0) is 10.2 Å². The van der Waals surface area contributed by atoms with E-state index in [-0.39, 0.29) is 0 Å². The molecule has 118 valence electrons. The first-order chi connectivity index (χ1) is 9.92. The third-order valence-corrected chi connectivity index (χ3v) is 6.01. The molecule has 2 N–H and O–H groups in total. The molecule has 0 amide bonds. The van der Waals surface area contributed by atoms with Gasteiger partial charge in [0.25, 0.3) is 0 Å². The molecule has 0 atom stereocenters. The van der Waals surface area contributed by atoms with Crippen molar-refractivity contribution in [1.82, 2.24) is 14.6 Å². The number of aromatic nitrogens is 1. The monoisotopic (exact) mass is 376 g/mol. The van der Waals surface area contributed by atoms with Crippen LogP contribution >= 0.6 is 15.9 Å². The molecule has 1 aromatic rings. The van der Waals surface area contributed by atoms with Gasteiger partial charge in [0.1, 0.15) is 5.82 Å². The van der Waals surface area contributed by atoms with Gasteiger partial charge in [-0.05, 0) is 67.3 Å². The van der Waals surface area contributed by atoms with E-state index in [0.717, 1.165) is 29.6 Å². The number of rotatable bonds is 5. The average Bonchev–Trinajstić information content (AvgIpc) is 2.44. The summed E-state index contributed by atoms with van der Waals surface area (Å²) in [5.41, 5.74) is 0.753. The zero-order valence-corrected chi connectivity index (χ0v) is 14.7. The van der Waals surface area contributed by atoms with Crippen LogP contribution in [0.3, 0.4) is 0 Å². The summed E-state index contributed by atoms with van der Waals surface area (Å²) in [6, 6.07) is 3.45. The Labute approximate surface area is 134 Å². The molecule has 8 heteroatoms. The molecule has 0 saturated carbocycles. The van der Waals surface area contributed by atoms with Crippen LogP contribution < -0.4 is 10.0 Å². The van der Waals surface area contributed by atoms with Gasteiger partial charge in [0.2, 0.25) is 0 Å². The summed E-state index contributed by atoms with van der Waals surface area (Å²) in [6.45, 7) is 3.87. The second-order valence-electron chi connectivity index (χ2n) is 5.27. The van der Waals surface area contributed by atoms with E-state index >= 15 is 0 Å². The van der Waals surface area contributed by atoms with Gasteiger partial charge in [-0.15, -0.1) is 0 Å². The summed E-state index contributed by atoms with van der Waals surface area (Å²) in [7, 11) is -1.60. The molecule has 1 aliphatic rings. The highest BCUT2D eigenvalue weighted by Crippen LogP contribution is 2.21. The van der Waals surface area contributed by atoms with Gasteiger partial charge in [-0.1, -0.05) is 0 Å². The smallest absolute Gasteiger partial charge is 0.302 e. The van der Waals surface area contributed by atoms with Crippen molar-refractivity contribution in [2.75, 3.05) is 31.4 Å². The van der Waals surface area contributed by atoms with Crippen LogP contribution in [0.5, 0.6) is 0 Å².